The van der Waals surface area contributed by atoms with E-state index in [2.05, 4.69) is 21.0 Å². The van der Waals surface area contributed by atoms with Crippen LogP contribution >= 0.6 is 15.9 Å². The lowest BCUT2D eigenvalue weighted by Gasteiger charge is -2.00. The van der Waals surface area contributed by atoms with Crippen LogP contribution in [0.25, 0.3) is 6.08 Å². The minimum atomic E-state index is -0.472. The molecule has 0 aromatic carbocycles. The normalized spacial score (nSPS) is 11.4. The van der Waals surface area contributed by atoms with Crippen LogP contribution in [-0.2, 0) is 0 Å². The van der Waals surface area contributed by atoms with E-state index < -0.39 is 5.91 Å². The third-order valence-corrected chi connectivity index (χ3v) is 2.86. The van der Waals surface area contributed by atoms with Gasteiger partial charge in [-0.2, -0.15) is 10.4 Å². The molecule has 0 aliphatic carbocycles. The number of aryl methyl sites for hydroxylation is 2. The summed E-state index contributed by atoms with van der Waals surface area (Å²) in [6.45, 7) is 3.55. The van der Waals surface area contributed by atoms with Gasteiger partial charge >= 0.3 is 0 Å². The topological polar surface area (TPSA) is 71.8 Å². The first-order chi connectivity index (χ1) is 9.01. The molecular formula is C13H10BrN3O2. The maximum Gasteiger partial charge on any atom is 0.289 e. The second-order valence-electron chi connectivity index (χ2n) is 3.96. The van der Waals surface area contributed by atoms with E-state index in [9.17, 15) is 4.79 Å². The maximum absolute atomic E-state index is 12.2. The van der Waals surface area contributed by atoms with Gasteiger partial charge in [0, 0.05) is 11.8 Å². The Hall–Kier alpha value is -2.13. The first-order valence-corrected chi connectivity index (χ1v) is 6.25. The standard InChI is InChI=1S/C13H10BrN3O2/c1-8-5-9(2)17(16-8)13(18)10(7-15)6-11-3-4-12(14)19-11/h3-6H,1-2H3/b10-6+. The first kappa shape index (κ1) is 13.3. The van der Waals surface area contributed by atoms with Crippen LogP contribution in [0.2, 0.25) is 0 Å². The van der Waals surface area contributed by atoms with Crippen molar-refractivity contribution in [3.63, 3.8) is 0 Å². The molecule has 0 spiro atoms. The molecule has 6 heteroatoms. The Bertz CT molecular complexity index is 704. The van der Waals surface area contributed by atoms with Gasteiger partial charge in [-0.25, -0.2) is 4.68 Å². The quantitative estimate of drug-likeness (QED) is 0.629. The fraction of sp³-hybridized carbons (Fsp3) is 0.154. The van der Waals surface area contributed by atoms with Gasteiger partial charge in [0.15, 0.2) is 4.67 Å². The molecule has 2 aromatic rings. The van der Waals surface area contributed by atoms with Crippen molar-refractivity contribution >= 4 is 27.9 Å². The van der Waals surface area contributed by atoms with Gasteiger partial charge in [-0.15, -0.1) is 0 Å². The molecule has 0 saturated carbocycles. The van der Waals surface area contributed by atoms with E-state index in [1.807, 2.05) is 6.07 Å². The predicted molar refractivity (Wildman–Crippen MR) is 72.3 cm³/mol. The van der Waals surface area contributed by atoms with Crippen LogP contribution in [0.15, 0.2) is 32.9 Å². The molecule has 0 aliphatic heterocycles. The van der Waals surface area contributed by atoms with Crippen molar-refractivity contribution in [2.75, 3.05) is 0 Å². The average Bonchev–Trinajstić information content (AvgIpc) is 2.91. The number of furan rings is 1. The van der Waals surface area contributed by atoms with Crippen molar-refractivity contribution in [1.29, 1.82) is 5.26 Å². The predicted octanol–water partition coefficient (Wildman–Crippen LogP) is 3.10. The van der Waals surface area contributed by atoms with Crippen LogP contribution in [0.1, 0.15) is 21.9 Å². The molecule has 0 N–H and O–H groups in total. The summed E-state index contributed by atoms with van der Waals surface area (Å²) >= 11 is 3.16. The van der Waals surface area contributed by atoms with Gasteiger partial charge in [0.1, 0.15) is 17.4 Å². The number of hydrogen-bond acceptors (Lipinski definition) is 4. The maximum atomic E-state index is 12.2. The monoisotopic (exact) mass is 319 g/mol. The van der Waals surface area contributed by atoms with Crippen LogP contribution in [0.3, 0.4) is 0 Å². The Morgan fingerprint density at radius 3 is 2.74 bits per heavy atom. The number of rotatable bonds is 2. The summed E-state index contributed by atoms with van der Waals surface area (Å²) in [7, 11) is 0. The second kappa shape index (κ2) is 5.24. The van der Waals surface area contributed by atoms with E-state index in [1.54, 1.807) is 32.0 Å². The van der Waals surface area contributed by atoms with Gasteiger partial charge in [-0.3, -0.25) is 4.79 Å². The average molecular weight is 320 g/mol. The molecule has 0 saturated heterocycles. The molecule has 2 rings (SSSR count). The molecule has 5 nitrogen and oxygen atoms in total. The highest BCUT2D eigenvalue weighted by Gasteiger charge is 2.16. The third kappa shape index (κ3) is 2.83. The summed E-state index contributed by atoms with van der Waals surface area (Å²) in [5, 5.41) is 13.2. The van der Waals surface area contributed by atoms with Crippen molar-refractivity contribution in [3.8, 4) is 6.07 Å². The molecule has 0 aliphatic rings. The van der Waals surface area contributed by atoms with Crippen LogP contribution in [-0.4, -0.2) is 15.7 Å². The highest BCUT2D eigenvalue weighted by atomic mass is 79.9. The van der Waals surface area contributed by atoms with E-state index in [4.69, 9.17) is 9.68 Å². The van der Waals surface area contributed by atoms with Gasteiger partial charge in [-0.1, -0.05) is 0 Å². The summed E-state index contributed by atoms with van der Waals surface area (Å²) in [4.78, 5) is 12.2. The number of nitrogens with zero attached hydrogens (tertiary/aromatic N) is 3. The summed E-state index contributed by atoms with van der Waals surface area (Å²) < 4.78 is 6.99. The summed E-state index contributed by atoms with van der Waals surface area (Å²) in [5.41, 5.74) is 1.38. The Balaban J connectivity index is 2.38. The van der Waals surface area contributed by atoms with E-state index in [-0.39, 0.29) is 5.57 Å². The molecule has 96 valence electrons. The highest BCUT2D eigenvalue weighted by Crippen LogP contribution is 2.17. The summed E-state index contributed by atoms with van der Waals surface area (Å²) in [6, 6.07) is 7.00. The van der Waals surface area contributed by atoms with Crippen molar-refractivity contribution in [3.05, 3.63) is 45.6 Å². The van der Waals surface area contributed by atoms with E-state index in [0.717, 1.165) is 5.69 Å². The van der Waals surface area contributed by atoms with Crippen molar-refractivity contribution in [2.45, 2.75) is 13.8 Å². The lowest BCUT2D eigenvalue weighted by Crippen LogP contribution is -2.15. The fourth-order valence-corrected chi connectivity index (χ4v) is 1.96. The Kier molecular flexibility index (Phi) is 3.67. The zero-order chi connectivity index (χ0) is 14.0. The first-order valence-electron chi connectivity index (χ1n) is 5.46. The van der Waals surface area contributed by atoms with Gasteiger partial charge in [-0.05, 0) is 48.0 Å². The van der Waals surface area contributed by atoms with Crippen LogP contribution < -0.4 is 0 Å². The minimum Gasteiger partial charge on any atom is -0.450 e. The summed E-state index contributed by atoms with van der Waals surface area (Å²) in [6.07, 6.45) is 1.39. The SMILES string of the molecule is Cc1cc(C)n(C(=O)/C(C#N)=C/c2ccc(Br)o2)n1. The Morgan fingerprint density at radius 1 is 1.53 bits per heavy atom. The van der Waals surface area contributed by atoms with Gasteiger partial charge in [0.25, 0.3) is 5.91 Å². The molecule has 0 atom stereocenters. The minimum absolute atomic E-state index is 0.0342. The molecular weight excluding hydrogens is 310 g/mol. The number of carbonyl (C=O) groups excluding carboxylic acids is 1. The number of halogens is 1. The second-order valence-corrected chi connectivity index (χ2v) is 4.74. The van der Waals surface area contributed by atoms with Gasteiger partial charge < -0.3 is 4.42 Å². The molecule has 19 heavy (non-hydrogen) atoms. The fourth-order valence-electron chi connectivity index (χ4n) is 1.64. The number of aromatic nitrogens is 2. The zero-order valence-corrected chi connectivity index (χ0v) is 11.9. The number of carbonyl (C=O) groups is 1. The van der Waals surface area contributed by atoms with E-state index >= 15 is 0 Å². The summed E-state index contributed by atoms with van der Waals surface area (Å²) in [5.74, 6) is -0.0427. The smallest absolute Gasteiger partial charge is 0.289 e. The molecule has 0 amide bonds. The number of allylic oxidation sites excluding steroid dienone is 1. The van der Waals surface area contributed by atoms with Crippen molar-refractivity contribution in [1.82, 2.24) is 9.78 Å². The number of nitriles is 1. The lowest BCUT2D eigenvalue weighted by atomic mass is 10.2. The third-order valence-electron chi connectivity index (χ3n) is 2.43. The van der Waals surface area contributed by atoms with Crippen LogP contribution in [0.5, 0.6) is 0 Å². The van der Waals surface area contributed by atoms with Crippen LogP contribution in [0, 0.1) is 25.2 Å². The molecule has 2 heterocycles. The Morgan fingerprint density at radius 2 is 2.26 bits per heavy atom. The Labute approximate surface area is 118 Å². The van der Waals surface area contributed by atoms with Gasteiger partial charge in [0.2, 0.25) is 0 Å². The lowest BCUT2D eigenvalue weighted by molar-refractivity contribution is 0.0943. The van der Waals surface area contributed by atoms with Crippen LogP contribution in [0.4, 0.5) is 0 Å². The molecule has 2 aromatic heterocycles. The molecule has 0 bridgehead atoms. The molecule has 0 fully saturated rings. The molecule has 0 radical (unpaired) electrons. The van der Waals surface area contributed by atoms with E-state index in [0.29, 0.717) is 16.1 Å². The van der Waals surface area contributed by atoms with E-state index in [1.165, 1.54) is 10.8 Å². The van der Waals surface area contributed by atoms with Crippen molar-refractivity contribution in [2.24, 2.45) is 0 Å². The number of hydrogen-bond donors (Lipinski definition) is 0. The van der Waals surface area contributed by atoms with Gasteiger partial charge in [0.05, 0.1) is 5.69 Å². The highest BCUT2D eigenvalue weighted by molar-refractivity contribution is 9.10. The largest absolute Gasteiger partial charge is 0.450 e. The zero-order valence-electron chi connectivity index (χ0n) is 10.3. The molecule has 0 unspecified atom stereocenters. The van der Waals surface area contributed by atoms with Crippen molar-refractivity contribution < 1.29 is 9.21 Å².